The first-order valence-electron chi connectivity index (χ1n) is 6.89. The molecule has 0 N–H and O–H groups in total. The number of esters is 1. The van der Waals surface area contributed by atoms with Crippen LogP contribution in [0, 0.1) is 0 Å². The Morgan fingerprint density at radius 1 is 1.25 bits per heavy atom. The number of anilines is 1. The van der Waals surface area contributed by atoms with Gasteiger partial charge in [0.1, 0.15) is 0 Å². The van der Waals surface area contributed by atoms with Gasteiger partial charge >= 0.3 is 12.0 Å². The summed E-state index contributed by atoms with van der Waals surface area (Å²) in [7, 11) is 0. The number of ether oxygens (including phenoxy) is 1. The highest BCUT2D eigenvalue weighted by molar-refractivity contribution is 5.94. The summed E-state index contributed by atoms with van der Waals surface area (Å²) in [6, 6.07) is 9.51. The van der Waals surface area contributed by atoms with Gasteiger partial charge in [0, 0.05) is 25.3 Å². The van der Waals surface area contributed by atoms with Crippen LogP contribution in [0.3, 0.4) is 0 Å². The fraction of sp³-hybridized carbons (Fsp3) is 0.467. The normalized spacial score (nSPS) is 15.1. The third-order valence-corrected chi connectivity index (χ3v) is 3.12. The van der Waals surface area contributed by atoms with Crippen LogP contribution in [0.25, 0.3) is 0 Å². The lowest BCUT2D eigenvalue weighted by Gasteiger charge is -2.18. The molecule has 0 saturated carbocycles. The Kier molecular flexibility index (Phi) is 4.61. The molecule has 1 aromatic rings. The first-order valence-corrected chi connectivity index (χ1v) is 6.89. The molecule has 1 heterocycles. The standard InChI is InChI=1S/C15H20N2O3/c1-12(2)20-14(18)8-9-16-10-11-17(15(16)19)13-6-4-3-5-7-13/h3-7,12H,8-11H2,1-2H3. The highest BCUT2D eigenvalue weighted by Crippen LogP contribution is 2.19. The van der Waals surface area contributed by atoms with Crippen LogP contribution < -0.4 is 4.90 Å². The number of hydrogen-bond acceptors (Lipinski definition) is 3. The van der Waals surface area contributed by atoms with Crippen molar-refractivity contribution in [1.82, 2.24) is 4.90 Å². The van der Waals surface area contributed by atoms with Crippen molar-refractivity contribution in [2.75, 3.05) is 24.5 Å². The van der Waals surface area contributed by atoms with Crippen molar-refractivity contribution in [1.29, 1.82) is 0 Å². The van der Waals surface area contributed by atoms with Crippen molar-refractivity contribution in [2.45, 2.75) is 26.4 Å². The lowest BCUT2D eigenvalue weighted by Crippen LogP contribution is -2.33. The minimum absolute atomic E-state index is 0.0476. The van der Waals surface area contributed by atoms with Gasteiger partial charge in [0.25, 0.3) is 0 Å². The van der Waals surface area contributed by atoms with E-state index in [-0.39, 0.29) is 24.5 Å². The van der Waals surface area contributed by atoms with E-state index in [0.717, 1.165) is 5.69 Å². The Morgan fingerprint density at radius 3 is 2.60 bits per heavy atom. The molecule has 0 spiro atoms. The lowest BCUT2D eigenvalue weighted by molar-refractivity contribution is -0.147. The van der Waals surface area contributed by atoms with Gasteiger partial charge in [-0.3, -0.25) is 9.69 Å². The molecule has 0 radical (unpaired) electrons. The molecule has 1 aliphatic heterocycles. The van der Waals surface area contributed by atoms with Crippen LogP contribution in [0.5, 0.6) is 0 Å². The van der Waals surface area contributed by atoms with Crippen LogP contribution in [0.4, 0.5) is 10.5 Å². The average molecular weight is 276 g/mol. The molecule has 20 heavy (non-hydrogen) atoms. The predicted molar refractivity (Wildman–Crippen MR) is 76.6 cm³/mol. The van der Waals surface area contributed by atoms with Crippen molar-refractivity contribution in [2.24, 2.45) is 0 Å². The maximum absolute atomic E-state index is 12.2. The fourth-order valence-corrected chi connectivity index (χ4v) is 2.19. The topological polar surface area (TPSA) is 49.9 Å². The van der Waals surface area contributed by atoms with Crippen LogP contribution in [0.15, 0.2) is 30.3 Å². The fourth-order valence-electron chi connectivity index (χ4n) is 2.19. The zero-order valence-electron chi connectivity index (χ0n) is 11.9. The molecule has 1 saturated heterocycles. The van der Waals surface area contributed by atoms with Gasteiger partial charge in [-0.05, 0) is 26.0 Å². The predicted octanol–water partition coefficient (Wildman–Crippen LogP) is 2.27. The second-order valence-corrected chi connectivity index (χ2v) is 5.05. The molecular weight excluding hydrogens is 256 g/mol. The van der Waals surface area contributed by atoms with Crippen molar-refractivity contribution < 1.29 is 14.3 Å². The van der Waals surface area contributed by atoms with Gasteiger partial charge in [-0.25, -0.2) is 4.79 Å². The number of urea groups is 1. The largest absolute Gasteiger partial charge is 0.463 e. The molecule has 1 fully saturated rings. The number of carbonyl (C=O) groups is 2. The first kappa shape index (κ1) is 14.4. The van der Waals surface area contributed by atoms with Gasteiger partial charge in [0.2, 0.25) is 0 Å². The van der Waals surface area contributed by atoms with Crippen molar-refractivity contribution in [3.63, 3.8) is 0 Å². The number of nitrogens with zero attached hydrogens (tertiary/aromatic N) is 2. The summed E-state index contributed by atoms with van der Waals surface area (Å²) in [4.78, 5) is 27.2. The first-order chi connectivity index (χ1) is 9.58. The average Bonchev–Trinajstić information content (AvgIpc) is 2.78. The smallest absolute Gasteiger partial charge is 0.324 e. The summed E-state index contributed by atoms with van der Waals surface area (Å²) in [6.45, 7) is 5.34. The third-order valence-electron chi connectivity index (χ3n) is 3.12. The minimum atomic E-state index is -0.258. The Bertz CT molecular complexity index is 473. The van der Waals surface area contributed by atoms with E-state index in [2.05, 4.69) is 0 Å². The van der Waals surface area contributed by atoms with E-state index in [1.807, 2.05) is 44.2 Å². The van der Waals surface area contributed by atoms with E-state index in [1.54, 1.807) is 9.80 Å². The molecule has 1 aliphatic rings. The van der Waals surface area contributed by atoms with Crippen LogP contribution in [0.1, 0.15) is 20.3 Å². The second kappa shape index (κ2) is 6.41. The number of hydrogen-bond donors (Lipinski definition) is 0. The highest BCUT2D eigenvalue weighted by Gasteiger charge is 2.29. The Balaban J connectivity index is 1.87. The molecule has 5 heteroatoms. The van der Waals surface area contributed by atoms with Gasteiger partial charge in [0.15, 0.2) is 0 Å². The monoisotopic (exact) mass is 276 g/mol. The van der Waals surface area contributed by atoms with E-state index >= 15 is 0 Å². The molecule has 0 atom stereocenters. The van der Waals surface area contributed by atoms with Gasteiger partial charge < -0.3 is 9.64 Å². The van der Waals surface area contributed by atoms with E-state index < -0.39 is 0 Å². The lowest BCUT2D eigenvalue weighted by atomic mass is 10.3. The van der Waals surface area contributed by atoms with E-state index in [0.29, 0.717) is 19.6 Å². The summed E-state index contributed by atoms with van der Waals surface area (Å²) < 4.78 is 5.07. The van der Waals surface area contributed by atoms with Crippen molar-refractivity contribution >= 4 is 17.7 Å². The molecule has 0 aliphatic carbocycles. The zero-order chi connectivity index (χ0) is 14.5. The molecule has 0 bridgehead atoms. The second-order valence-electron chi connectivity index (χ2n) is 5.05. The molecule has 0 unspecified atom stereocenters. The minimum Gasteiger partial charge on any atom is -0.463 e. The Labute approximate surface area is 119 Å². The third kappa shape index (κ3) is 3.50. The maximum Gasteiger partial charge on any atom is 0.324 e. The number of carbonyl (C=O) groups excluding carboxylic acids is 2. The molecule has 108 valence electrons. The SMILES string of the molecule is CC(C)OC(=O)CCN1CCN(c2ccccc2)C1=O. The van der Waals surface area contributed by atoms with E-state index in [4.69, 9.17) is 4.74 Å². The molecule has 5 nitrogen and oxygen atoms in total. The molecule has 2 amide bonds. The number of amides is 2. The van der Waals surface area contributed by atoms with E-state index in [1.165, 1.54) is 0 Å². The van der Waals surface area contributed by atoms with Crippen molar-refractivity contribution in [3.05, 3.63) is 30.3 Å². The van der Waals surface area contributed by atoms with Gasteiger partial charge in [-0.2, -0.15) is 0 Å². The quantitative estimate of drug-likeness (QED) is 0.775. The maximum atomic E-state index is 12.2. The molecule has 2 rings (SSSR count). The summed E-state index contributed by atoms with van der Waals surface area (Å²) in [5.41, 5.74) is 0.893. The van der Waals surface area contributed by atoms with Crippen molar-refractivity contribution in [3.8, 4) is 0 Å². The van der Waals surface area contributed by atoms with Crippen LogP contribution >= 0.6 is 0 Å². The Hall–Kier alpha value is -2.04. The molecule has 1 aromatic carbocycles. The van der Waals surface area contributed by atoms with Crippen LogP contribution in [-0.2, 0) is 9.53 Å². The highest BCUT2D eigenvalue weighted by atomic mass is 16.5. The number of rotatable bonds is 5. The van der Waals surface area contributed by atoms with Gasteiger partial charge in [0.05, 0.1) is 12.5 Å². The molecular formula is C15H20N2O3. The summed E-state index contributed by atoms with van der Waals surface area (Å²) in [5.74, 6) is -0.258. The zero-order valence-corrected chi connectivity index (χ0v) is 11.9. The van der Waals surface area contributed by atoms with Crippen LogP contribution in [-0.4, -0.2) is 42.6 Å². The Morgan fingerprint density at radius 2 is 1.95 bits per heavy atom. The van der Waals surface area contributed by atoms with Crippen LogP contribution in [0.2, 0.25) is 0 Å². The van der Waals surface area contributed by atoms with Gasteiger partial charge in [-0.15, -0.1) is 0 Å². The van der Waals surface area contributed by atoms with E-state index in [9.17, 15) is 9.59 Å². The summed E-state index contributed by atoms with van der Waals surface area (Å²) in [5, 5.41) is 0. The summed E-state index contributed by atoms with van der Waals surface area (Å²) in [6.07, 6.45) is 0.129. The molecule has 0 aromatic heterocycles. The summed E-state index contributed by atoms with van der Waals surface area (Å²) >= 11 is 0. The number of benzene rings is 1. The number of para-hydroxylation sites is 1. The van der Waals surface area contributed by atoms with Gasteiger partial charge in [-0.1, -0.05) is 18.2 Å².